The molecule has 2 atom stereocenters. The monoisotopic (exact) mass is 2000 g/mol. The normalized spacial score (nSPS) is 20.2. The van der Waals surface area contributed by atoms with E-state index in [-0.39, 0.29) is 44.5 Å². The van der Waals surface area contributed by atoms with Crippen molar-refractivity contribution in [2.75, 3.05) is 194 Å². The number of aromatic nitrogens is 4. The lowest BCUT2D eigenvalue weighted by Crippen LogP contribution is -2.41. The van der Waals surface area contributed by atoms with Crippen molar-refractivity contribution in [1.29, 1.82) is 0 Å². The van der Waals surface area contributed by atoms with Gasteiger partial charge in [-0.05, 0) is 211 Å². The summed E-state index contributed by atoms with van der Waals surface area (Å²) in [5.74, 6) is 2.42. The van der Waals surface area contributed by atoms with Crippen LogP contribution in [0.5, 0.6) is 0 Å². The van der Waals surface area contributed by atoms with Crippen LogP contribution in [0.1, 0.15) is 71.4 Å². The molecule has 4 aromatic heterocycles. The van der Waals surface area contributed by atoms with Gasteiger partial charge in [-0.15, -0.1) is 12.4 Å². The van der Waals surface area contributed by atoms with E-state index in [1.54, 1.807) is 12.1 Å². The second kappa shape index (κ2) is 46.6. The van der Waals surface area contributed by atoms with Crippen LogP contribution in [0.15, 0.2) is 84.9 Å². The van der Waals surface area contributed by atoms with Crippen LogP contribution in [0, 0.1) is 54.2 Å². The SMILES string of the molecule is C1COCCN1.CC[C@@H]1CCN(C(=O)Nc2ccc(C)c(-c3cc(NC4COC4)nc(N4CCOCC4)c3)c2)C1.Cc1ccc(NC(=O)N2CC[C@@H](CC(F)(F)F)C2)cc1B1OC(C)(C)C(C)(C)O1.Cl.Fc1cc(I)cc(F)n1.Fc1cc(I)cc(NC2COC2)n1.Ic1cc(NC2COC2)nc(N2CCOCC2)c1.NC1COC1.S. The smallest absolute Gasteiger partial charge is 0.399 e. The van der Waals surface area contributed by atoms with Gasteiger partial charge >= 0.3 is 25.4 Å². The second-order valence-electron chi connectivity index (χ2n) is 30.0. The van der Waals surface area contributed by atoms with Crippen molar-refractivity contribution in [2.45, 2.75) is 116 Å². The van der Waals surface area contributed by atoms with E-state index in [1.807, 2.05) is 80.3 Å². The Morgan fingerprint density at radius 1 is 0.543 bits per heavy atom. The highest BCUT2D eigenvalue weighted by Crippen LogP contribution is 2.38. The molecule has 38 heteroatoms. The van der Waals surface area contributed by atoms with Crippen molar-refractivity contribution in [3.8, 4) is 11.1 Å². The summed E-state index contributed by atoms with van der Waals surface area (Å²) >= 11 is 6.20. The van der Waals surface area contributed by atoms with Crippen molar-refractivity contribution in [3.63, 3.8) is 0 Å². The fraction of sp³-hybridized carbons (Fsp3) is 0.564. The van der Waals surface area contributed by atoms with Crippen molar-refractivity contribution < 1.29 is 78.4 Å². The van der Waals surface area contributed by atoms with E-state index in [4.69, 9.17) is 53.2 Å². The van der Waals surface area contributed by atoms with Crippen LogP contribution >= 0.6 is 93.7 Å². The number of anilines is 7. The number of nitrogens with two attached hydrogens (primary N) is 1. The maximum absolute atomic E-state index is 12.8. The van der Waals surface area contributed by atoms with Crippen LogP contribution in [0.25, 0.3) is 11.1 Å². The van der Waals surface area contributed by atoms with Crippen molar-refractivity contribution in [2.24, 2.45) is 17.6 Å². The van der Waals surface area contributed by atoms with Gasteiger partial charge in [0.25, 0.3) is 0 Å². The Kier molecular flexibility index (Phi) is 38.6. The lowest BCUT2D eigenvalue weighted by Gasteiger charge is -2.32. The number of benzene rings is 2. The Labute approximate surface area is 729 Å². The number of nitrogens with zero attached hydrogens (tertiary/aromatic N) is 8. The first kappa shape index (κ1) is 96.1. The van der Waals surface area contributed by atoms with Gasteiger partial charge in [-0.2, -0.15) is 44.8 Å². The molecule has 16 rings (SSSR count). The second-order valence-corrected chi connectivity index (χ2v) is 33.8. The Hall–Kier alpha value is -5.39. The molecule has 640 valence electrons. The summed E-state index contributed by atoms with van der Waals surface area (Å²) in [6, 6.07) is 26.5. The van der Waals surface area contributed by atoms with Gasteiger partial charge < -0.3 is 99.7 Å². The molecule has 4 amide bonds. The third-order valence-corrected chi connectivity index (χ3v) is 22.2. The number of hydrogen-bond donors (Lipinski definition) is 7. The molecule has 14 heterocycles. The Morgan fingerprint density at radius 3 is 1.37 bits per heavy atom. The molecule has 0 aliphatic carbocycles. The minimum Gasteiger partial charge on any atom is -0.399 e. The minimum absolute atomic E-state index is 0. The lowest BCUT2D eigenvalue weighted by atomic mass is 9.76. The highest BCUT2D eigenvalue weighted by molar-refractivity contribution is 14.1. The fourth-order valence-corrected chi connectivity index (χ4v) is 14.4. The molecular weight excluding hydrogens is 1900 g/mol. The van der Waals surface area contributed by atoms with Crippen LogP contribution in [0.3, 0.4) is 0 Å². The van der Waals surface area contributed by atoms with Crippen LogP contribution in [0.4, 0.5) is 76.4 Å². The fourth-order valence-electron chi connectivity index (χ4n) is 12.8. The third-order valence-electron chi connectivity index (χ3n) is 20.3. The Bertz CT molecular complexity index is 3990. The van der Waals surface area contributed by atoms with E-state index in [0.29, 0.717) is 91.7 Å². The number of likely N-dealkylation sites (tertiary alicyclic amines) is 2. The Morgan fingerprint density at radius 2 is 0.957 bits per heavy atom. The number of morpholine rings is 3. The van der Waals surface area contributed by atoms with Gasteiger partial charge in [0.05, 0.1) is 128 Å². The minimum atomic E-state index is -4.20. The lowest BCUT2D eigenvalue weighted by molar-refractivity contribution is -0.143. The number of nitrogens with one attached hydrogen (secondary N) is 6. The van der Waals surface area contributed by atoms with Gasteiger partial charge in [0.1, 0.15) is 29.1 Å². The number of aryl methyl sites for hydroxylation is 2. The predicted molar refractivity (Wildman–Crippen MR) is 471 cm³/mol. The first-order chi connectivity index (χ1) is 54.5. The molecule has 26 nitrogen and oxygen atoms in total. The summed E-state index contributed by atoms with van der Waals surface area (Å²) in [6.07, 6.45) is -2.49. The van der Waals surface area contributed by atoms with Crippen LogP contribution < -0.4 is 52.9 Å². The summed E-state index contributed by atoms with van der Waals surface area (Å²) in [5.41, 5.74) is 10.8. The zero-order chi connectivity index (χ0) is 81.5. The maximum atomic E-state index is 12.8. The van der Waals surface area contributed by atoms with E-state index in [0.717, 1.165) is 190 Å². The zero-order valence-corrected chi connectivity index (χ0v) is 74.7. The van der Waals surface area contributed by atoms with Crippen LogP contribution in [-0.4, -0.2) is 248 Å². The molecule has 10 aliphatic rings. The van der Waals surface area contributed by atoms with Crippen LogP contribution in [0.2, 0.25) is 0 Å². The molecule has 10 fully saturated rings. The molecule has 116 heavy (non-hydrogen) atoms. The molecule has 8 N–H and O–H groups in total. The molecule has 10 saturated heterocycles. The molecular formula is C78H108BClF6I3N15O11S. The number of halogens is 10. The molecule has 0 unspecified atom stereocenters. The highest BCUT2D eigenvalue weighted by atomic mass is 127. The summed E-state index contributed by atoms with van der Waals surface area (Å²) < 4.78 is 126. The molecule has 0 radical (unpaired) electrons. The number of ether oxygens (including phenoxy) is 7. The topological polar surface area (TPSA) is 280 Å². The van der Waals surface area contributed by atoms with Gasteiger partial charge in [-0.3, -0.25) is 0 Å². The first-order valence-corrected chi connectivity index (χ1v) is 41.8. The van der Waals surface area contributed by atoms with E-state index in [2.05, 4.69) is 152 Å². The van der Waals surface area contributed by atoms with Gasteiger partial charge in [0.2, 0.25) is 17.8 Å². The number of pyridine rings is 4. The molecule has 0 bridgehead atoms. The van der Waals surface area contributed by atoms with Crippen LogP contribution in [-0.2, 0) is 42.5 Å². The van der Waals surface area contributed by atoms with Gasteiger partial charge in [-0.1, -0.05) is 31.0 Å². The Balaban J connectivity index is 0.000000184. The van der Waals surface area contributed by atoms with Crippen molar-refractivity contribution >= 4 is 159 Å². The summed E-state index contributed by atoms with van der Waals surface area (Å²) in [4.78, 5) is 49.5. The summed E-state index contributed by atoms with van der Waals surface area (Å²) in [7, 11) is -0.556. The number of amides is 4. The summed E-state index contributed by atoms with van der Waals surface area (Å²) in [6.45, 7) is 32.4. The molecule has 6 aromatic rings. The maximum Gasteiger partial charge on any atom is 0.495 e. The van der Waals surface area contributed by atoms with Gasteiger partial charge in [0.15, 0.2) is 0 Å². The molecule has 0 saturated carbocycles. The van der Waals surface area contributed by atoms with Gasteiger partial charge in [0, 0.05) is 112 Å². The number of alkyl halides is 3. The highest BCUT2D eigenvalue weighted by Gasteiger charge is 2.52. The number of rotatable bonds is 14. The quantitative estimate of drug-likeness (QED) is 0.0231. The van der Waals surface area contributed by atoms with E-state index in [1.165, 1.54) is 14.5 Å². The van der Waals surface area contributed by atoms with Crippen molar-refractivity contribution in [1.82, 2.24) is 35.1 Å². The first-order valence-electron chi connectivity index (χ1n) is 38.6. The van der Waals surface area contributed by atoms with E-state index < -0.39 is 60.7 Å². The summed E-state index contributed by atoms with van der Waals surface area (Å²) in [5, 5.41) is 19.1. The number of urea groups is 2. The molecule has 0 spiro atoms. The van der Waals surface area contributed by atoms with Crippen molar-refractivity contribution in [3.05, 3.63) is 125 Å². The standard InChI is InChI=1S/C26H35N5O3.C20H28BF3N2O3.C12H16IN3O2.C8H8FIN2O.C5H2F2IN.C4H9NO.C3H7NO.ClH.H2S/c1-3-19-6-7-31(15-19)26(32)28-21-5-4-18(2)23(14-21)20-12-24(27-22-16-34-17-22)29-25(13-20)30-8-10-33-11-9-30;1-13-6-7-15(10-16(13)21-28-18(2,3)19(4,5)29-21)25-17(27)26-9-8-14(12-26)11-20(22,23)24;13-9-5-11(14-10-7-18-8-10)15-12(6-9)16-1-3-17-4-2-16;9-7-1-5(10)2-8(12-7)11-6-3-13-4-6;6-4-1-3(8)2-5(7)9-4;1-3-6-4-2-5-1;4-3-1-5-2-3;;/h4-5,12-14,19,22H,3,6-11,15-17H2,1-2H3,(H,27,29)(H,28,32);6-7,10,14H,8-9,11-12H2,1-5H3,(H,25,27);5-6,10H,1-4,7-8H2,(H,14,15);1-2,6H,3-4H2,(H,11,12);1-2H;5H,1-4H2;3H,1-2,4H2;1H;1H2/t19-;14-;;;;;;;/m10......./s1. The third kappa shape index (κ3) is 30.6. The zero-order valence-electron chi connectivity index (χ0n) is 66.4. The molecule has 10 aliphatic heterocycles. The average molecular weight is 2000 g/mol. The largest absolute Gasteiger partial charge is 0.495 e. The number of carbonyl (C=O) groups is 2. The average Bonchev–Trinajstić information content (AvgIpc) is 1.61. The van der Waals surface area contributed by atoms with E-state index in [9.17, 15) is 35.9 Å². The predicted octanol–water partition coefficient (Wildman–Crippen LogP) is 12.5. The van der Waals surface area contributed by atoms with Gasteiger partial charge in [-0.25, -0.2) is 24.5 Å². The number of carbonyl (C=O) groups excluding carboxylic acids is 2. The van der Waals surface area contributed by atoms with E-state index >= 15 is 0 Å². The number of hydrogen-bond acceptors (Lipinski definition) is 22. The molecule has 2 aromatic carbocycles.